The highest BCUT2D eigenvalue weighted by atomic mass is 19.4. The Labute approximate surface area is 126 Å². The van der Waals surface area contributed by atoms with Crippen molar-refractivity contribution in [3.63, 3.8) is 0 Å². The number of ether oxygens (including phenoxy) is 1. The summed E-state index contributed by atoms with van der Waals surface area (Å²) in [5, 5.41) is 5.34. The number of hydrogen-bond acceptors (Lipinski definition) is 4. The first-order valence-corrected chi connectivity index (χ1v) is 6.70. The summed E-state index contributed by atoms with van der Waals surface area (Å²) in [7, 11) is 0. The van der Waals surface area contributed by atoms with Gasteiger partial charge >= 0.3 is 12.3 Å². The molecule has 2 heterocycles. The van der Waals surface area contributed by atoms with E-state index < -0.39 is 29.6 Å². The van der Waals surface area contributed by atoms with Crippen LogP contribution in [0.15, 0.2) is 35.4 Å². The minimum absolute atomic E-state index is 0.323. The van der Waals surface area contributed by atoms with Crippen LogP contribution in [0.1, 0.15) is 27.7 Å². The Kier molecular flexibility index (Phi) is 3.88. The van der Waals surface area contributed by atoms with Crippen molar-refractivity contribution >= 4 is 6.09 Å². The van der Waals surface area contributed by atoms with Gasteiger partial charge in [-0.3, -0.25) is 5.32 Å². The quantitative estimate of drug-likeness (QED) is 0.781. The third-order valence-corrected chi connectivity index (χ3v) is 3.05. The number of allylic oxidation sites excluding steroid dienone is 3. The van der Waals surface area contributed by atoms with Crippen molar-refractivity contribution in [2.45, 2.75) is 45.6 Å². The second-order valence-corrected chi connectivity index (χ2v) is 6.02. The van der Waals surface area contributed by atoms with E-state index in [0.29, 0.717) is 11.5 Å². The van der Waals surface area contributed by atoms with Crippen LogP contribution >= 0.6 is 0 Å². The Hall–Kier alpha value is -2.12. The van der Waals surface area contributed by atoms with Gasteiger partial charge in [0.05, 0.1) is 11.3 Å². The average Bonchev–Trinajstić information content (AvgIpc) is 2.62. The van der Waals surface area contributed by atoms with Crippen molar-refractivity contribution < 1.29 is 22.7 Å². The summed E-state index contributed by atoms with van der Waals surface area (Å²) in [6, 6.07) is 0. The molecule has 1 unspecified atom stereocenters. The summed E-state index contributed by atoms with van der Waals surface area (Å²) in [5.74, 6) is 0.323. The van der Waals surface area contributed by atoms with Crippen molar-refractivity contribution in [1.82, 2.24) is 15.5 Å². The molecule has 5 nitrogen and oxygen atoms in total. The Morgan fingerprint density at radius 3 is 2.55 bits per heavy atom. The molecule has 8 heteroatoms. The number of amides is 1. The highest BCUT2D eigenvalue weighted by molar-refractivity contribution is 5.70. The van der Waals surface area contributed by atoms with Crippen LogP contribution in [0.3, 0.4) is 0 Å². The van der Waals surface area contributed by atoms with E-state index >= 15 is 0 Å². The van der Waals surface area contributed by atoms with E-state index in [1.54, 1.807) is 32.6 Å². The van der Waals surface area contributed by atoms with Crippen LogP contribution < -0.4 is 10.6 Å². The standard InChI is InChI=1S/C14H18F3N3O2/c1-8-11(19-12(21)22-13(2,3)4)18-10-7-9(14(15,16)17)5-6-20(8)10/h5-7,10,18H,1-4H3,(H,19,21). The van der Waals surface area contributed by atoms with Crippen LogP contribution in [0, 0.1) is 0 Å². The van der Waals surface area contributed by atoms with Gasteiger partial charge < -0.3 is 15.0 Å². The Balaban J connectivity index is 2.09. The highest BCUT2D eigenvalue weighted by Crippen LogP contribution is 2.32. The highest BCUT2D eigenvalue weighted by Gasteiger charge is 2.37. The summed E-state index contributed by atoms with van der Waals surface area (Å²) in [6.45, 7) is 6.86. The molecule has 2 N–H and O–H groups in total. The van der Waals surface area contributed by atoms with E-state index in [0.717, 1.165) is 12.2 Å². The van der Waals surface area contributed by atoms with Gasteiger partial charge in [0.1, 0.15) is 17.6 Å². The van der Waals surface area contributed by atoms with Gasteiger partial charge in [-0.25, -0.2) is 4.79 Å². The summed E-state index contributed by atoms with van der Waals surface area (Å²) >= 11 is 0. The van der Waals surface area contributed by atoms with Crippen LogP contribution in [0.2, 0.25) is 0 Å². The van der Waals surface area contributed by atoms with E-state index in [1.165, 1.54) is 6.20 Å². The number of hydrogen-bond donors (Lipinski definition) is 2. The first kappa shape index (κ1) is 16.3. The zero-order chi connectivity index (χ0) is 16.7. The fourth-order valence-electron chi connectivity index (χ4n) is 2.09. The zero-order valence-electron chi connectivity index (χ0n) is 12.7. The smallest absolute Gasteiger partial charge is 0.416 e. The molecule has 0 saturated carbocycles. The van der Waals surface area contributed by atoms with Crippen molar-refractivity contribution in [3.05, 3.63) is 35.4 Å². The fraction of sp³-hybridized carbons (Fsp3) is 0.500. The number of nitrogens with zero attached hydrogens (tertiary/aromatic N) is 1. The van der Waals surface area contributed by atoms with Crippen molar-refractivity contribution in [2.24, 2.45) is 0 Å². The SMILES string of the molecule is CC1=C(NC(=O)OC(C)(C)C)NC2C=C(C(F)(F)F)C=CN12. The van der Waals surface area contributed by atoms with Gasteiger partial charge in [0.15, 0.2) is 0 Å². The number of nitrogens with one attached hydrogen (secondary N) is 2. The lowest BCUT2D eigenvalue weighted by molar-refractivity contribution is -0.0892. The minimum atomic E-state index is -4.40. The summed E-state index contributed by atoms with van der Waals surface area (Å²) < 4.78 is 43.3. The number of alkyl halides is 3. The van der Waals surface area contributed by atoms with Gasteiger partial charge in [0.25, 0.3) is 0 Å². The molecule has 22 heavy (non-hydrogen) atoms. The second kappa shape index (κ2) is 5.26. The van der Waals surface area contributed by atoms with Gasteiger partial charge in [-0.15, -0.1) is 0 Å². The van der Waals surface area contributed by atoms with E-state index in [9.17, 15) is 18.0 Å². The molecule has 0 saturated heterocycles. The average molecular weight is 317 g/mol. The maximum absolute atomic E-state index is 12.7. The van der Waals surface area contributed by atoms with E-state index in [-0.39, 0.29) is 0 Å². The molecule has 0 radical (unpaired) electrons. The molecular formula is C14H18F3N3O2. The summed E-state index contributed by atoms with van der Waals surface area (Å²) in [4.78, 5) is 13.3. The monoisotopic (exact) mass is 317 g/mol. The van der Waals surface area contributed by atoms with Crippen molar-refractivity contribution in [2.75, 3.05) is 0 Å². The molecule has 2 rings (SSSR count). The van der Waals surface area contributed by atoms with Crippen LogP contribution in [-0.2, 0) is 4.74 Å². The van der Waals surface area contributed by atoms with E-state index in [2.05, 4.69) is 10.6 Å². The molecule has 0 fully saturated rings. The largest absolute Gasteiger partial charge is 0.444 e. The van der Waals surface area contributed by atoms with E-state index in [1.807, 2.05) is 0 Å². The number of alkyl carbamates (subject to hydrolysis) is 1. The number of carbonyl (C=O) groups excluding carboxylic acids is 1. The van der Waals surface area contributed by atoms with E-state index in [4.69, 9.17) is 4.74 Å². The maximum atomic E-state index is 12.7. The number of rotatable bonds is 1. The maximum Gasteiger partial charge on any atom is 0.416 e. The molecule has 0 aliphatic carbocycles. The molecular weight excluding hydrogens is 299 g/mol. The first-order chi connectivity index (χ1) is 9.97. The van der Waals surface area contributed by atoms with Crippen LogP contribution in [-0.4, -0.2) is 28.9 Å². The first-order valence-electron chi connectivity index (χ1n) is 6.70. The summed E-state index contributed by atoms with van der Waals surface area (Å²) in [6.07, 6.45) is -2.37. The van der Waals surface area contributed by atoms with Crippen molar-refractivity contribution in [1.29, 1.82) is 0 Å². The molecule has 0 bridgehead atoms. The molecule has 0 aromatic carbocycles. The van der Waals surface area contributed by atoms with Crippen LogP contribution in [0.4, 0.5) is 18.0 Å². The number of carbonyl (C=O) groups is 1. The third-order valence-electron chi connectivity index (χ3n) is 3.05. The molecule has 0 aromatic heterocycles. The Morgan fingerprint density at radius 2 is 2.00 bits per heavy atom. The molecule has 0 aromatic rings. The number of halogens is 3. The lowest BCUT2D eigenvalue weighted by Gasteiger charge is -2.26. The summed E-state index contributed by atoms with van der Waals surface area (Å²) in [5.41, 5.74) is -0.787. The van der Waals surface area contributed by atoms with Gasteiger partial charge in [-0.1, -0.05) is 0 Å². The topological polar surface area (TPSA) is 53.6 Å². The number of fused-ring (bicyclic) bond motifs is 1. The molecule has 0 spiro atoms. The molecule has 122 valence electrons. The second-order valence-electron chi connectivity index (χ2n) is 6.02. The molecule has 2 aliphatic heterocycles. The minimum Gasteiger partial charge on any atom is -0.444 e. The molecule has 1 amide bonds. The third kappa shape index (κ3) is 3.55. The van der Waals surface area contributed by atoms with Gasteiger partial charge in [-0.2, -0.15) is 13.2 Å². The molecule has 1 atom stereocenters. The van der Waals surface area contributed by atoms with Gasteiger partial charge in [0, 0.05) is 6.20 Å². The predicted octanol–water partition coefficient (Wildman–Crippen LogP) is 2.95. The van der Waals surface area contributed by atoms with Gasteiger partial charge in [-0.05, 0) is 39.8 Å². The van der Waals surface area contributed by atoms with Crippen molar-refractivity contribution in [3.8, 4) is 0 Å². The predicted molar refractivity (Wildman–Crippen MR) is 74.1 cm³/mol. The molecule has 2 aliphatic rings. The lowest BCUT2D eigenvalue weighted by atomic mass is 10.1. The Bertz CT molecular complexity index is 571. The van der Waals surface area contributed by atoms with Crippen LogP contribution in [0.5, 0.6) is 0 Å². The fourth-order valence-corrected chi connectivity index (χ4v) is 2.09. The normalized spacial score (nSPS) is 21.3. The van der Waals surface area contributed by atoms with Gasteiger partial charge in [0.2, 0.25) is 0 Å². The zero-order valence-corrected chi connectivity index (χ0v) is 12.7. The lowest BCUT2D eigenvalue weighted by Crippen LogP contribution is -2.39. The Morgan fingerprint density at radius 1 is 1.36 bits per heavy atom. The van der Waals surface area contributed by atoms with Crippen LogP contribution in [0.25, 0.3) is 0 Å².